The number of carboxylic acid groups (broad SMARTS) is 1. The largest absolute Gasteiger partial charge is 0.478 e. The van der Waals surface area contributed by atoms with Crippen LogP contribution in [0.5, 0.6) is 0 Å². The van der Waals surface area contributed by atoms with Gasteiger partial charge in [0.15, 0.2) is 5.69 Å². The van der Waals surface area contributed by atoms with Crippen molar-refractivity contribution in [3.8, 4) is 5.69 Å². The van der Waals surface area contributed by atoms with E-state index in [2.05, 4.69) is 24.3 Å². The molecule has 1 fully saturated rings. The van der Waals surface area contributed by atoms with Crippen LogP contribution in [0.2, 0.25) is 0 Å². The summed E-state index contributed by atoms with van der Waals surface area (Å²) in [7, 11) is 0. The van der Waals surface area contributed by atoms with Crippen molar-refractivity contribution in [2.75, 3.05) is 6.54 Å². The van der Waals surface area contributed by atoms with Gasteiger partial charge in [-0.1, -0.05) is 13.8 Å². The normalized spacial score (nSPS) is 15.5. The summed E-state index contributed by atoms with van der Waals surface area (Å²) < 4.78 is 40.4. The summed E-state index contributed by atoms with van der Waals surface area (Å²) in [5.41, 5.74) is -1.85. The fourth-order valence-electron chi connectivity index (χ4n) is 3.20. The van der Waals surface area contributed by atoms with Gasteiger partial charge in [0.1, 0.15) is 5.56 Å². The van der Waals surface area contributed by atoms with Gasteiger partial charge in [-0.25, -0.2) is 9.48 Å². The van der Waals surface area contributed by atoms with E-state index in [0.29, 0.717) is 28.9 Å². The standard InChI is InChI=1S/C19H20F3N3O3/c1-11(2)18(7-8-18)10-23-16(26)12-3-5-13(6-4-12)25-15(19(20,21)22)14(9-24-25)17(27)28/h3-6,9,11H,7-8,10H2,1-2H3,(H,23,26)(H,27,28). The first-order chi connectivity index (χ1) is 13.0. The first kappa shape index (κ1) is 19.9. The van der Waals surface area contributed by atoms with E-state index in [1.54, 1.807) is 0 Å². The number of hydrogen-bond acceptors (Lipinski definition) is 3. The first-order valence-electron chi connectivity index (χ1n) is 8.82. The number of carboxylic acids is 1. The Morgan fingerprint density at radius 3 is 2.32 bits per heavy atom. The van der Waals surface area contributed by atoms with Gasteiger partial charge in [0, 0.05) is 12.1 Å². The fraction of sp³-hybridized carbons (Fsp3) is 0.421. The van der Waals surface area contributed by atoms with Crippen LogP contribution >= 0.6 is 0 Å². The Hall–Kier alpha value is -2.84. The Morgan fingerprint density at radius 2 is 1.86 bits per heavy atom. The monoisotopic (exact) mass is 395 g/mol. The number of halogens is 3. The van der Waals surface area contributed by atoms with Crippen molar-refractivity contribution in [1.29, 1.82) is 0 Å². The van der Waals surface area contributed by atoms with Gasteiger partial charge in [-0.05, 0) is 48.4 Å². The van der Waals surface area contributed by atoms with Crippen molar-refractivity contribution >= 4 is 11.9 Å². The number of amides is 1. The summed E-state index contributed by atoms with van der Waals surface area (Å²) in [5, 5.41) is 15.4. The van der Waals surface area contributed by atoms with Crippen molar-refractivity contribution in [3.05, 3.63) is 47.3 Å². The molecule has 0 aliphatic heterocycles. The fourth-order valence-corrected chi connectivity index (χ4v) is 3.20. The Kier molecular flexibility index (Phi) is 4.95. The molecule has 0 spiro atoms. The molecule has 1 aliphatic rings. The van der Waals surface area contributed by atoms with Gasteiger partial charge in [-0.3, -0.25) is 4.79 Å². The maximum absolute atomic E-state index is 13.3. The lowest BCUT2D eigenvalue weighted by Gasteiger charge is -2.20. The zero-order chi connectivity index (χ0) is 20.7. The number of aromatic carboxylic acids is 1. The molecule has 2 aromatic rings. The van der Waals surface area contributed by atoms with Crippen LogP contribution in [0, 0.1) is 11.3 Å². The molecular weight excluding hydrogens is 375 g/mol. The van der Waals surface area contributed by atoms with Crippen LogP contribution in [0.15, 0.2) is 30.5 Å². The molecule has 1 aromatic carbocycles. The van der Waals surface area contributed by atoms with Crippen LogP contribution in [-0.2, 0) is 6.18 Å². The number of nitrogens with one attached hydrogen (secondary N) is 1. The minimum absolute atomic E-state index is 0.0113. The van der Waals surface area contributed by atoms with Gasteiger partial charge in [-0.15, -0.1) is 0 Å². The minimum Gasteiger partial charge on any atom is -0.478 e. The quantitative estimate of drug-likeness (QED) is 0.780. The van der Waals surface area contributed by atoms with Crippen molar-refractivity contribution in [2.24, 2.45) is 11.3 Å². The molecule has 0 bridgehead atoms. The average Bonchev–Trinajstić information content (AvgIpc) is 3.28. The van der Waals surface area contributed by atoms with E-state index in [1.165, 1.54) is 24.3 Å². The Bertz CT molecular complexity index is 897. The van der Waals surface area contributed by atoms with Crippen molar-refractivity contribution in [1.82, 2.24) is 15.1 Å². The topological polar surface area (TPSA) is 84.2 Å². The predicted molar refractivity (Wildman–Crippen MR) is 94.4 cm³/mol. The van der Waals surface area contributed by atoms with Gasteiger partial charge < -0.3 is 10.4 Å². The molecule has 2 N–H and O–H groups in total. The van der Waals surface area contributed by atoms with Crippen LogP contribution in [0.1, 0.15) is 53.1 Å². The highest BCUT2D eigenvalue weighted by atomic mass is 19.4. The summed E-state index contributed by atoms with van der Waals surface area (Å²) in [6.07, 6.45) is -2.10. The summed E-state index contributed by atoms with van der Waals surface area (Å²) in [6, 6.07) is 5.39. The van der Waals surface area contributed by atoms with Gasteiger partial charge >= 0.3 is 12.1 Å². The summed E-state index contributed by atoms with van der Waals surface area (Å²) in [4.78, 5) is 23.4. The molecule has 1 amide bonds. The molecule has 1 aliphatic carbocycles. The molecule has 1 saturated carbocycles. The van der Waals surface area contributed by atoms with Crippen molar-refractivity contribution in [2.45, 2.75) is 32.9 Å². The highest BCUT2D eigenvalue weighted by Gasteiger charge is 2.45. The maximum Gasteiger partial charge on any atom is 0.434 e. The van der Waals surface area contributed by atoms with Crippen molar-refractivity contribution < 1.29 is 27.9 Å². The molecule has 1 heterocycles. The Labute approximate surface area is 159 Å². The molecule has 0 unspecified atom stereocenters. The third-order valence-corrected chi connectivity index (χ3v) is 5.36. The molecule has 3 rings (SSSR count). The molecule has 0 saturated heterocycles. The summed E-state index contributed by atoms with van der Waals surface area (Å²) in [5.74, 6) is -1.56. The third kappa shape index (κ3) is 3.74. The molecule has 28 heavy (non-hydrogen) atoms. The number of carbonyl (C=O) groups excluding carboxylic acids is 1. The van der Waals surface area contributed by atoms with E-state index in [9.17, 15) is 22.8 Å². The van der Waals surface area contributed by atoms with Gasteiger partial charge in [0.05, 0.1) is 11.9 Å². The molecule has 0 radical (unpaired) electrons. The van der Waals surface area contributed by atoms with Crippen LogP contribution in [-0.4, -0.2) is 33.3 Å². The number of carbonyl (C=O) groups is 2. The number of alkyl halides is 3. The molecular formula is C19H20F3N3O3. The number of rotatable bonds is 6. The third-order valence-electron chi connectivity index (χ3n) is 5.36. The molecule has 1 aromatic heterocycles. The Balaban J connectivity index is 1.80. The average molecular weight is 395 g/mol. The lowest BCUT2D eigenvalue weighted by molar-refractivity contribution is -0.143. The molecule has 9 heteroatoms. The number of benzene rings is 1. The van der Waals surface area contributed by atoms with Crippen LogP contribution in [0.25, 0.3) is 5.69 Å². The smallest absolute Gasteiger partial charge is 0.434 e. The SMILES string of the molecule is CC(C)C1(CNC(=O)c2ccc(-n3ncc(C(=O)O)c3C(F)(F)F)cc2)CC1. The second kappa shape index (κ2) is 6.96. The minimum atomic E-state index is -4.89. The summed E-state index contributed by atoms with van der Waals surface area (Å²) >= 11 is 0. The highest BCUT2D eigenvalue weighted by Crippen LogP contribution is 2.51. The van der Waals surface area contributed by atoms with E-state index >= 15 is 0 Å². The zero-order valence-electron chi connectivity index (χ0n) is 15.4. The van der Waals surface area contributed by atoms with Gasteiger partial charge in [0.25, 0.3) is 5.91 Å². The van der Waals surface area contributed by atoms with E-state index in [1.807, 2.05) is 0 Å². The van der Waals surface area contributed by atoms with E-state index < -0.39 is 23.4 Å². The lowest BCUT2D eigenvalue weighted by Crippen LogP contribution is -2.32. The highest BCUT2D eigenvalue weighted by molar-refractivity contribution is 5.94. The second-order valence-electron chi connectivity index (χ2n) is 7.37. The van der Waals surface area contributed by atoms with Crippen molar-refractivity contribution in [3.63, 3.8) is 0 Å². The van der Waals surface area contributed by atoms with Gasteiger partial charge in [-0.2, -0.15) is 18.3 Å². The first-order valence-corrected chi connectivity index (χ1v) is 8.82. The molecule has 6 nitrogen and oxygen atoms in total. The zero-order valence-corrected chi connectivity index (χ0v) is 15.4. The van der Waals surface area contributed by atoms with Crippen LogP contribution in [0.3, 0.4) is 0 Å². The molecule has 150 valence electrons. The second-order valence-corrected chi connectivity index (χ2v) is 7.37. The van der Waals surface area contributed by atoms with Crippen LogP contribution < -0.4 is 5.32 Å². The maximum atomic E-state index is 13.3. The van der Waals surface area contributed by atoms with Gasteiger partial charge in [0.2, 0.25) is 0 Å². The number of aromatic nitrogens is 2. The van der Waals surface area contributed by atoms with E-state index in [-0.39, 0.29) is 17.0 Å². The lowest BCUT2D eigenvalue weighted by atomic mass is 9.92. The summed E-state index contributed by atoms with van der Waals surface area (Å²) in [6.45, 7) is 4.79. The van der Waals surface area contributed by atoms with Crippen LogP contribution in [0.4, 0.5) is 13.2 Å². The molecule has 0 atom stereocenters. The van der Waals surface area contributed by atoms with E-state index in [0.717, 1.165) is 12.8 Å². The predicted octanol–water partition coefficient (Wildman–Crippen LogP) is 3.76. The number of hydrogen-bond donors (Lipinski definition) is 2. The van der Waals surface area contributed by atoms with E-state index in [4.69, 9.17) is 5.11 Å². The number of nitrogens with zero attached hydrogens (tertiary/aromatic N) is 2. The Morgan fingerprint density at radius 1 is 1.25 bits per heavy atom.